The Hall–Kier alpha value is -2.51. The van der Waals surface area contributed by atoms with Crippen molar-refractivity contribution in [1.29, 1.82) is 0 Å². The number of nitrogens with zero attached hydrogens (tertiary/aromatic N) is 7. The molecule has 0 unspecified atom stereocenters. The lowest BCUT2D eigenvalue weighted by Crippen LogP contribution is -2.36. The van der Waals surface area contributed by atoms with Gasteiger partial charge in [-0.05, 0) is 45.7 Å². The van der Waals surface area contributed by atoms with Gasteiger partial charge in [-0.1, -0.05) is 10.4 Å². The van der Waals surface area contributed by atoms with Gasteiger partial charge >= 0.3 is 0 Å². The number of aromatic nitrogens is 4. The maximum absolute atomic E-state index is 4.55. The van der Waals surface area contributed by atoms with E-state index in [9.17, 15) is 0 Å². The van der Waals surface area contributed by atoms with Crippen molar-refractivity contribution in [2.45, 2.75) is 45.2 Å². The molecule has 1 N–H and O–H groups in total. The van der Waals surface area contributed by atoms with Gasteiger partial charge in [-0.25, -0.2) is 9.67 Å². The first-order valence-electron chi connectivity index (χ1n) is 8.26. The Morgan fingerprint density at radius 1 is 1.21 bits per heavy atom. The largest absolute Gasteiger partial charge is 0.356 e. The van der Waals surface area contributed by atoms with Gasteiger partial charge in [0.1, 0.15) is 5.82 Å². The molecule has 24 heavy (non-hydrogen) atoms. The van der Waals surface area contributed by atoms with Crippen LogP contribution in [0, 0.1) is 0 Å². The minimum atomic E-state index is -0.0417. The van der Waals surface area contributed by atoms with Crippen molar-refractivity contribution >= 4 is 5.82 Å². The average molecular weight is 328 g/mol. The molecule has 2 aromatic rings. The molecule has 3 rings (SSSR count). The maximum atomic E-state index is 4.55. The van der Waals surface area contributed by atoms with Crippen molar-refractivity contribution in [1.82, 2.24) is 25.4 Å². The van der Waals surface area contributed by atoms with Crippen molar-refractivity contribution in [2.24, 2.45) is 10.3 Å². The lowest BCUT2D eigenvalue weighted by Gasteiger charge is -2.30. The van der Waals surface area contributed by atoms with Gasteiger partial charge < -0.3 is 4.90 Å². The third-order valence-corrected chi connectivity index (χ3v) is 3.81. The fourth-order valence-electron chi connectivity index (χ4n) is 2.52. The molecule has 3 heterocycles. The zero-order valence-corrected chi connectivity index (χ0v) is 14.4. The topological polar surface area (TPSA) is 83.6 Å². The quantitative estimate of drug-likeness (QED) is 0.688. The van der Waals surface area contributed by atoms with E-state index in [1.807, 2.05) is 18.3 Å². The highest BCUT2D eigenvalue weighted by molar-refractivity contribution is 5.43. The Labute approximate surface area is 142 Å². The van der Waals surface area contributed by atoms with E-state index in [-0.39, 0.29) is 11.6 Å². The van der Waals surface area contributed by atoms with Crippen LogP contribution in [0.4, 0.5) is 5.82 Å². The van der Waals surface area contributed by atoms with Crippen LogP contribution < -0.4 is 10.3 Å². The zero-order valence-electron chi connectivity index (χ0n) is 14.4. The van der Waals surface area contributed by atoms with Crippen molar-refractivity contribution in [3.8, 4) is 5.69 Å². The molecule has 1 aliphatic heterocycles. The fraction of sp³-hybridized carbons (Fsp3) is 0.562. The Morgan fingerprint density at radius 2 is 2.00 bits per heavy atom. The minimum absolute atomic E-state index is 0.0417. The lowest BCUT2D eigenvalue weighted by atomic mass is 10.1. The summed E-state index contributed by atoms with van der Waals surface area (Å²) in [6.07, 6.45) is 7.26. The highest BCUT2D eigenvalue weighted by Crippen LogP contribution is 2.20. The van der Waals surface area contributed by atoms with Crippen LogP contribution in [0.5, 0.6) is 0 Å². The van der Waals surface area contributed by atoms with Crippen molar-refractivity contribution in [3.05, 3.63) is 30.7 Å². The van der Waals surface area contributed by atoms with Gasteiger partial charge in [-0.2, -0.15) is 5.11 Å². The molecular formula is C16H24N8. The van der Waals surface area contributed by atoms with Gasteiger partial charge in [-0.15, -0.1) is 5.10 Å². The Morgan fingerprint density at radius 3 is 2.58 bits per heavy atom. The van der Waals surface area contributed by atoms with Crippen LogP contribution in [0.25, 0.3) is 5.69 Å². The normalized spacial score (nSPS) is 16.7. The molecule has 1 fully saturated rings. The molecule has 0 radical (unpaired) electrons. The van der Waals surface area contributed by atoms with E-state index >= 15 is 0 Å². The summed E-state index contributed by atoms with van der Waals surface area (Å²) in [6.45, 7) is 8.10. The van der Waals surface area contributed by atoms with Gasteiger partial charge in [0.15, 0.2) is 0 Å². The molecule has 0 atom stereocenters. The van der Waals surface area contributed by atoms with Crippen LogP contribution in [0.2, 0.25) is 0 Å². The smallest absolute Gasteiger partial charge is 0.128 e. The Kier molecular flexibility index (Phi) is 4.73. The number of hydrogen-bond acceptors (Lipinski definition) is 6. The molecule has 0 aromatic carbocycles. The SMILES string of the molecule is CC(C)(C)NN=NC1CCN(c2ccc(-n3ccnn3)cn2)CC1. The van der Waals surface area contributed by atoms with Crippen molar-refractivity contribution in [2.75, 3.05) is 18.0 Å². The molecule has 2 aromatic heterocycles. The summed E-state index contributed by atoms with van der Waals surface area (Å²) < 4.78 is 1.70. The van der Waals surface area contributed by atoms with E-state index in [0.29, 0.717) is 0 Å². The first-order chi connectivity index (χ1) is 11.5. The second-order valence-electron chi connectivity index (χ2n) is 7.02. The van der Waals surface area contributed by atoms with Crippen molar-refractivity contribution < 1.29 is 0 Å². The zero-order chi connectivity index (χ0) is 17.0. The van der Waals surface area contributed by atoms with Gasteiger partial charge in [-0.3, -0.25) is 5.43 Å². The summed E-state index contributed by atoms with van der Waals surface area (Å²) in [5.41, 5.74) is 3.92. The van der Waals surface area contributed by atoms with Crippen LogP contribution in [0.15, 0.2) is 41.1 Å². The van der Waals surface area contributed by atoms with Crippen LogP contribution >= 0.6 is 0 Å². The molecule has 0 saturated carbocycles. The van der Waals surface area contributed by atoms with Crippen LogP contribution in [0.1, 0.15) is 33.6 Å². The van der Waals surface area contributed by atoms with Gasteiger partial charge in [0, 0.05) is 18.6 Å². The first-order valence-corrected chi connectivity index (χ1v) is 8.26. The Balaban J connectivity index is 1.53. The predicted molar refractivity (Wildman–Crippen MR) is 92.1 cm³/mol. The van der Waals surface area contributed by atoms with Gasteiger partial charge in [0.2, 0.25) is 0 Å². The second-order valence-corrected chi connectivity index (χ2v) is 7.02. The number of piperidine rings is 1. The van der Waals surface area contributed by atoms with Gasteiger partial charge in [0.05, 0.1) is 30.3 Å². The molecule has 1 aliphatic rings. The summed E-state index contributed by atoms with van der Waals surface area (Å²) in [6, 6.07) is 4.32. The molecule has 0 amide bonds. The number of hydrogen-bond donors (Lipinski definition) is 1. The maximum Gasteiger partial charge on any atom is 0.128 e. The highest BCUT2D eigenvalue weighted by Gasteiger charge is 2.20. The fourth-order valence-corrected chi connectivity index (χ4v) is 2.52. The molecular weight excluding hydrogens is 304 g/mol. The molecule has 128 valence electrons. The van der Waals surface area contributed by atoms with E-state index in [0.717, 1.165) is 37.4 Å². The molecule has 0 spiro atoms. The number of nitrogens with one attached hydrogen (secondary N) is 1. The predicted octanol–water partition coefficient (Wildman–Crippen LogP) is 2.39. The average Bonchev–Trinajstić information content (AvgIpc) is 3.09. The van der Waals surface area contributed by atoms with E-state index < -0.39 is 0 Å². The van der Waals surface area contributed by atoms with E-state index in [4.69, 9.17) is 0 Å². The summed E-state index contributed by atoms with van der Waals surface area (Å²) in [5.74, 6) is 0.988. The van der Waals surface area contributed by atoms with E-state index in [2.05, 4.69) is 56.7 Å². The molecule has 8 nitrogen and oxygen atoms in total. The Bertz CT molecular complexity index is 648. The first kappa shape index (κ1) is 16.4. The highest BCUT2D eigenvalue weighted by atomic mass is 15.4. The van der Waals surface area contributed by atoms with Crippen LogP contribution in [-0.4, -0.2) is 44.6 Å². The molecule has 0 aliphatic carbocycles. The standard InChI is InChI=1S/C16H24N8/c1-16(2,3)20-21-19-13-6-9-23(10-7-13)15-5-4-14(12-17-15)24-11-8-18-22-24/h4-5,8,11-13H,6-7,9-10H2,1-3H3,(H,19,20). The number of anilines is 1. The van der Waals surface area contributed by atoms with Crippen LogP contribution in [0.3, 0.4) is 0 Å². The minimum Gasteiger partial charge on any atom is -0.356 e. The number of rotatable bonds is 4. The molecule has 1 saturated heterocycles. The third-order valence-electron chi connectivity index (χ3n) is 3.81. The van der Waals surface area contributed by atoms with E-state index in [1.54, 1.807) is 17.1 Å². The summed E-state index contributed by atoms with van der Waals surface area (Å²) >= 11 is 0. The van der Waals surface area contributed by atoms with Crippen molar-refractivity contribution in [3.63, 3.8) is 0 Å². The monoisotopic (exact) mass is 328 g/mol. The second kappa shape index (κ2) is 6.94. The lowest BCUT2D eigenvalue weighted by molar-refractivity contribution is 0.399. The summed E-state index contributed by atoms with van der Waals surface area (Å²) in [4.78, 5) is 6.83. The van der Waals surface area contributed by atoms with Crippen LogP contribution in [-0.2, 0) is 0 Å². The van der Waals surface area contributed by atoms with E-state index in [1.165, 1.54) is 0 Å². The summed E-state index contributed by atoms with van der Waals surface area (Å²) in [5, 5.41) is 16.3. The van der Waals surface area contributed by atoms with Gasteiger partial charge in [0.25, 0.3) is 0 Å². The molecule has 0 bridgehead atoms. The summed E-state index contributed by atoms with van der Waals surface area (Å²) in [7, 11) is 0. The number of pyridine rings is 1. The molecule has 8 heteroatoms. The third kappa shape index (κ3) is 4.27.